The van der Waals surface area contributed by atoms with Gasteiger partial charge in [0.1, 0.15) is 12.0 Å². The lowest BCUT2D eigenvalue weighted by atomic mass is 10.1. The van der Waals surface area contributed by atoms with Gasteiger partial charge >= 0.3 is 6.03 Å². The van der Waals surface area contributed by atoms with Crippen LogP contribution in [0.2, 0.25) is 0 Å². The molecule has 0 radical (unpaired) electrons. The number of benzene rings is 2. The molecule has 8 nitrogen and oxygen atoms in total. The molecule has 0 aliphatic carbocycles. The summed E-state index contributed by atoms with van der Waals surface area (Å²) in [7, 11) is 4.99. The number of carbonyl (C=O) groups is 2. The van der Waals surface area contributed by atoms with Gasteiger partial charge < -0.3 is 24.7 Å². The molecule has 0 aliphatic heterocycles. The maximum absolute atomic E-state index is 12.3. The fourth-order valence-corrected chi connectivity index (χ4v) is 2.91. The predicted octanol–water partition coefficient (Wildman–Crippen LogP) is 3.72. The van der Waals surface area contributed by atoms with E-state index in [1.54, 1.807) is 39.6 Å². The Balaban J connectivity index is 1.53. The number of oxazole rings is 1. The van der Waals surface area contributed by atoms with Crippen LogP contribution in [0.25, 0.3) is 11.5 Å². The van der Waals surface area contributed by atoms with Gasteiger partial charge in [-0.15, -0.1) is 0 Å². The molecule has 0 bridgehead atoms. The molecule has 2 N–H and O–H groups in total. The number of nitrogens with one attached hydrogen (secondary N) is 2. The number of hydrogen-bond donors (Lipinski definition) is 2. The molecular formula is C23H26N4O4. The maximum Gasteiger partial charge on any atom is 0.319 e. The standard InChI is InChI=1S/C23H26N4O4/c1-15-5-6-17(22(28)27(2)3)13-20(15)26-23(29)24-12-11-18-14-31-21(25-18)16-7-9-19(30-4)10-8-16/h5-10,13-14H,11-12H2,1-4H3,(H2,24,26,29). The third kappa shape index (κ3) is 5.63. The number of urea groups is 1. The summed E-state index contributed by atoms with van der Waals surface area (Å²) in [6.45, 7) is 2.26. The van der Waals surface area contributed by atoms with Crippen LogP contribution < -0.4 is 15.4 Å². The first-order valence-electron chi connectivity index (χ1n) is 9.83. The van der Waals surface area contributed by atoms with Crippen molar-refractivity contribution in [3.63, 3.8) is 0 Å². The third-order valence-electron chi connectivity index (χ3n) is 4.69. The van der Waals surface area contributed by atoms with Crippen molar-refractivity contribution >= 4 is 17.6 Å². The van der Waals surface area contributed by atoms with E-state index >= 15 is 0 Å². The van der Waals surface area contributed by atoms with Gasteiger partial charge in [0.05, 0.1) is 12.8 Å². The molecular weight excluding hydrogens is 396 g/mol. The van der Waals surface area contributed by atoms with Gasteiger partial charge in [0.2, 0.25) is 5.89 Å². The minimum atomic E-state index is -0.351. The lowest BCUT2D eigenvalue weighted by Gasteiger charge is -2.14. The molecule has 2 aromatic carbocycles. The number of methoxy groups -OCH3 is 1. The molecule has 1 aromatic heterocycles. The van der Waals surface area contributed by atoms with E-state index in [0.29, 0.717) is 30.1 Å². The van der Waals surface area contributed by atoms with Crippen LogP contribution in [0, 0.1) is 6.92 Å². The van der Waals surface area contributed by atoms with E-state index in [1.807, 2.05) is 37.3 Å². The summed E-state index contributed by atoms with van der Waals surface area (Å²) in [5.41, 5.74) is 3.56. The Hall–Kier alpha value is -3.81. The number of amides is 3. The molecule has 0 saturated carbocycles. The van der Waals surface area contributed by atoms with Crippen LogP contribution in [0.15, 0.2) is 53.1 Å². The van der Waals surface area contributed by atoms with Gasteiger partial charge in [0.25, 0.3) is 5.91 Å². The average Bonchev–Trinajstić information content (AvgIpc) is 3.23. The molecule has 8 heteroatoms. The van der Waals surface area contributed by atoms with E-state index in [1.165, 1.54) is 4.90 Å². The Morgan fingerprint density at radius 1 is 1.13 bits per heavy atom. The minimum Gasteiger partial charge on any atom is -0.497 e. The number of ether oxygens (including phenoxy) is 1. The van der Waals surface area contributed by atoms with Crippen molar-refractivity contribution in [3.05, 3.63) is 65.5 Å². The highest BCUT2D eigenvalue weighted by molar-refractivity contribution is 5.97. The molecule has 3 rings (SSSR count). The first kappa shape index (κ1) is 21.9. The van der Waals surface area contributed by atoms with E-state index in [-0.39, 0.29) is 11.9 Å². The van der Waals surface area contributed by atoms with Crippen molar-refractivity contribution in [2.24, 2.45) is 0 Å². The number of nitrogens with zero attached hydrogens (tertiary/aromatic N) is 2. The average molecular weight is 422 g/mol. The summed E-state index contributed by atoms with van der Waals surface area (Å²) in [5.74, 6) is 1.15. The zero-order chi connectivity index (χ0) is 22.4. The molecule has 0 saturated heterocycles. The van der Waals surface area contributed by atoms with Crippen LogP contribution in [0.4, 0.5) is 10.5 Å². The normalized spacial score (nSPS) is 10.5. The van der Waals surface area contributed by atoms with Crippen molar-refractivity contribution in [1.82, 2.24) is 15.2 Å². The second-order valence-corrected chi connectivity index (χ2v) is 7.23. The van der Waals surface area contributed by atoms with Gasteiger partial charge in [-0.05, 0) is 48.9 Å². The largest absolute Gasteiger partial charge is 0.497 e. The fraction of sp³-hybridized carbons (Fsp3) is 0.261. The van der Waals surface area contributed by atoms with Crippen molar-refractivity contribution in [3.8, 4) is 17.2 Å². The van der Waals surface area contributed by atoms with Crippen LogP contribution in [0.1, 0.15) is 21.6 Å². The van der Waals surface area contributed by atoms with E-state index in [4.69, 9.17) is 9.15 Å². The van der Waals surface area contributed by atoms with E-state index in [2.05, 4.69) is 15.6 Å². The van der Waals surface area contributed by atoms with Crippen molar-refractivity contribution < 1.29 is 18.7 Å². The monoisotopic (exact) mass is 422 g/mol. The van der Waals surface area contributed by atoms with E-state index in [9.17, 15) is 9.59 Å². The molecule has 1 heterocycles. The van der Waals surface area contributed by atoms with Gasteiger partial charge in [-0.2, -0.15) is 0 Å². The summed E-state index contributed by atoms with van der Waals surface area (Å²) in [6, 6.07) is 12.3. The minimum absolute atomic E-state index is 0.123. The van der Waals surface area contributed by atoms with Gasteiger partial charge in [0, 0.05) is 43.9 Å². The molecule has 3 aromatic rings. The Morgan fingerprint density at radius 3 is 2.55 bits per heavy atom. The Kier molecular flexibility index (Phi) is 6.92. The van der Waals surface area contributed by atoms with Crippen molar-refractivity contribution in [1.29, 1.82) is 0 Å². The Bertz CT molecular complexity index is 1060. The topological polar surface area (TPSA) is 96.7 Å². The van der Waals surface area contributed by atoms with Crippen molar-refractivity contribution in [2.45, 2.75) is 13.3 Å². The third-order valence-corrected chi connectivity index (χ3v) is 4.69. The number of carbonyl (C=O) groups excluding carboxylic acids is 2. The summed E-state index contributed by atoms with van der Waals surface area (Å²) in [6.07, 6.45) is 2.10. The molecule has 0 fully saturated rings. The predicted molar refractivity (Wildman–Crippen MR) is 118 cm³/mol. The quantitative estimate of drug-likeness (QED) is 0.605. The Morgan fingerprint density at radius 2 is 1.87 bits per heavy atom. The summed E-state index contributed by atoms with van der Waals surface area (Å²) in [4.78, 5) is 30.4. The highest BCUT2D eigenvalue weighted by Gasteiger charge is 2.12. The molecule has 3 amide bonds. The van der Waals surface area contributed by atoms with Crippen LogP contribution in [0.3, 0.4) is 0 Å². The highest BCUT2D eigenvalue weighted by Crippen LogP contribution is 2.22. The van der Waals surface area contributed by atoms with E-state index < -0.39 is 0 Å². The first-order valence-corrected chi connectivity index (χ1v) is 9.83. The Labute approximate surface area is 181 Å². The van der Waals surface area contributed by atoms with Crippen LogP contribution in [-0.4, -0.2) is 49.6 Å². The number of rotatable bonds is 7. The second kappa shape index (κ2) is 9.80. The lowest BCUT2D eigenvalue weighted by Crippen LogP contribution is -2.31. The van der Waals surface area contributed by atoms with Gasteiger partial charge in [-0.25, -0.2) is 9.78 Å². The summed E-state index contributed by atoms with van der Waals surface area (Å²) in [5, 5.41) is 5.59. The molecule has 31 heavy (non-hydrogen) atoms. The maximum atomic E-state index is 12.3. The SMILES string of the molecule is COc1ccc(-c2nc(CCNC(=O)Nc3cc(C(=O)N(C)C)ccc3C)co2)cc1. The molecule has 0 atom stereocenters. The molecule has 0 aliphatic rings. The van der Waals surface area contributed by atoms with Crippen LogP contribution in [-0.2, 0) is 6.42 Å². The zero-order valence-electron chi connectivity index (χ0n) is 18.1. The van der Waals surface area contributed by atoms with Crippen LogP contribution >= 0.6 is 0 Å². The highest BCUT2D eigenvalue weighted by atomic mass is 16.5. The summed E-state index contributed by atoms with van der Waals surface area (Å²) < 4.78 is 10.7. The molecule has 0 unspecified atom stereocenters. The van der Waals surface area contributed by atoms with Crippen molar-refractivity contribution in [2.75, 3.05) is 33.1 Å². The number of anilines is 1. The smallest absolute Gasteiger partial charge is 0.319 e. The number of aryl methyl sites for hydroxylation is 1. The zero-order valence-corrected chi connectivity index (χ0v) is 18.1. The number of aromatic nitrogens is 1. The van der Waals surface area contributed by atoms with Gasteiger partial charge in [0.15, 0.2) is 0 Å². The first-order chi connectivity index (χ1) is 14.9. The molecule has 0 spiro atoms. The molecule has 162 valence electrons. The second-order valence-electron chi connectivity index (χ2n) is 7.23. The van der Waals surface area contributed by atoms with E-state index in [0.717, 1.165) is 22.6 Å². The lowest BCUT2D eigenvalue weighted by molar-refractivity contribution is 0.0827. The van der Waals surface area contributed by atoms with Crippen LogP contribution in [0.5, 0.6) is 5.75 Å². The fourth-order valence-electron chi connectivity index (χ4n) is 2.91. The summed E-state index contributed by atoms with van der Waals surface area (Å²) >= 11 is 0. The van der Waals surface area contributed by atoms with Gasteiger partial charge in [-0.1, -0.05) is 6.07 Å². The van der Waals surface area contributed by atoms with Gasteiger partial charge in [-0.3, -0.25) is 4.79 Å². The number of hydrogen-bond acceptors (Lipinski definition) is 5.